The molecule has 0 spiro atoms. The van der Waals surface area contributed by atoms with E-state index in [2.05, 4.69) is 40.7 Å². The van der Waals surface area contributed by atoms with Crippen LogP contribution in [0.25, 0.3) is 0 Å². The highest BCUT2D eigenvalue weighted by Crippen LogP contribution is 2.37. The number of methoxy groups -OCH3 is 1. The Bertz CT molecular complexity index is 822. The number of benzene rings is 2. The summed E-state index contributed by atoms with van der Waals surface area (Å²) in [5.41, 5.74) is 3.40. The third-order valence-electron chi connectivity index (χ3n) is 6.39. The molecule has 4 rings (SSSR count). The molecular formula is C24H31N3O2. The average molecular weight is 394 g/mol. The van der Waals surface area contributed by atoms with Crippen LogP contribution in [0.15, 0.2) is 48.5 Å². The van der Waals surface area contributed by atoms with Gasteiger partial charge in [-0.05, 0) is 61.4 Å². The van der Waals surface area contributed by atoms with Gasteiger partial charge in [0.05, 0.1) is 7.11 Å². The van der Waals surface area contributed by atoms with Crippen molar-refractivity contribution < 1.29 is 9.53 Å². The maximum atomic E-state index is 12.6. The summed E-state index contributed by atoms with van der Waals surface area (Å²) in [6.45, 7) is 3.08. The molecule has 5 nitrogen and oxygen atoms in total. The molecule has 2 saturated heterocycles. The Morgan fingerprint density at radius 3 is 2.41 bits per heavy atom. The van der Waals surface area contributed by atoms with E-state index in [1.165, 1.54) is 18.4 Å². The molecular weight excluding hydrogens is 362 g/mol. The summed E-state index contributed by atoms with van der Waals surface area (Å²) in [6.07, 6.45) is 5.40. The fraction of sp³-hybridized carbons (Fsp3) is 0.458. The summed E-state index contributed by atoms with van der Waals surface area (Å²) in [5.74, 6) is 0.898. The number of carbonyl (C=O) groups is 1. The first-order valence-corrected chi connectivity index (χ1v) is 10.7. The third kappa shape index (κ3) is 4.56. The average Bonchev–Trinajstić information content (AvgIpc) is 2.96. The number of nitrogens with zero attached hydrogens (tertiary/aromatic N) is 1. The Kier molecular flexibility index (Phi) is 6.05. The van der Waals surface area contributed by atoms with E-state index in [1.807, 2.05) is 30.3 Å². The van der Waals surface area contributed by atoms with Gasteiger partial charge in [0.2, 0.25) is 0 Å². The number of nitrogens with one attached hydrogen (secondary N) is 2. The number of anilines is 1. The van der Waals surface area contributed by atoms with E-state index in [1.54, 1.807) is 7.11 Å². The molecule has 5 heteroatoms. The zero-order valence-corrected chi connectivity index (χ0v) is 17.4. The van der Waals surface area contributed by atoms with Crippen molar-refractivity contribution in [1.29, 1.82) is 0 Å². The van der Waals surface area contributed by atoms with Gasteiger partial charge >= 0.3 is 6.03 Å². The smallest absolute Gasteiger partial charge is 0.319 e. The van der Waals surface area contributed by atoms with Crippen LogP contribution >= 0.6 is 0 Å². The van der Waals surface area contributed by atoms with Crippen molar-refractivity contribution in [3.05, 3.63) is 59.7 Å². The van der Waals surface area contributed by atoms with Crippen molar-refractivity contribution in [2.45, 2.75) is 63.7 Å². The van der Waals surface area contributed by atoms with E-state index in [-0.39, 0.29) is 12.1 Å². The Labute approximate surface area is 173 Å². The predicted molar refractivity (Wildman–Crippen MR) is 116 cm³/mol. The van der Waals surface area contributed by atoms with Gasteiger partial charge < -0.3 is 15.4 Å². The van der Waals surface area contributed by atoms with Gasteiger partial charge in [-0.25, -0.2) is 4.79 Å². The first kappa shape index (κ1) is 19.8. The van der Waals surface area contributed by atoms with E-state index >= 15 is 0 Å². The molecule has 0 aromatic heterocycles. The molecule has 2 atom stereocenters. The zero-order valence-electron chi connectivity index (χ0n) is 17.4. The number of piperidine rings is 1. The molecule has 2 fully saturated rings. The number of rotatable bonds is 6. The number of urea groups is 1. The number of aryl methyl sites for hydroxylation is 1. The van der Waals surface area contributed by atoms with Crippen molar-refractivity contribution in [2.75, 3.05) is 12.4 Å². The monoisotopic (exact) mass is 393 g/mol. The Hall–Kier alpha value is -2.53. The molecule has 2 amide bonds. The number of fused-ring (bicyclic) bond motifs is 2. The topological polar surface area (TPSA) is 53.6 Å². The molecule has 2 N–H and O–H groups in total. The van der Waals surface area contributed by atoms with Crippen LogP contribution in [0.3, 0.4) is 0 Å². The van der Waals surface area contributed by atoms with Crippen molar-refractivity contribution in [3.8, 4) is 5.75 Å². The van der Waals surface area contributed by atoms with Gasteiger partial charge in [-0.1, -0.05) is 37.3 Å². The van der Waals surface area contributed by atoms with E-state index in [9.17, 15) is 4.79 Å². The molecule has 2 bridgehead atoms. The minimum Gasteiger partial charge on any atom is -0.497 e. The molecule has 2 aromatic carbocycles. The summed E-state index contributed by atoms with van der Waals surface area (Å²) in [6, 6.07) is 17.6. The van der Waals surface area contributed by atoms with Crippen LogP contribution in [0.5, 0.6) is 5.75 Å². The maximum Gasteiger partial charge on any atom is 0.319 e. The molecule has 2 heterocycles. The standard InChI is InChI=1S/C24H31N3O2/c1-3-18-6-4-5-7-23(18)26-24(28)25-19-14-20-10-11-21(15-19)27(20)16-17-8-12-22(29-2)13-9-17/h4-9,12-13,19-21H,3,10-11,14-16H2,1-2H3,(H2,25,26,28). The minimum absolute atomic E-state index is 0.0843. The van der Waals surface area contributed by atoms with E-state index in [0.717, 1.165) is 42.8 Å². The van der Waals surface area contributed by atoms with Crippen molar-refractivity contribution in [3.63, 3.8) is 0 Å². The molecule has 0 aliphatic carbocycles. The van der Waals surface area contributed by atoms with Gasteiger partial charge in [-0.2, -0.15) is 0 Å². The number of para-hydroxylation sites is 1. The summed E-state index contributed by atoms with van der Waals surface area (Å²) in [5, 5.41) is 6.27. The van der Waals surface area contributed by atoms with Gasteiger partial charge in [0, 0.05) is 30.4 Å². The molecule has 0 radical (unpaired) electrons. The lowest BCUT2D eigenvalue weighted by atomic mass is 9.96. The first-order chi connectivity index (χ1) is 14.2. The Balaban J connectivity index is 1.33. The number of hydrogen-bond donors (Lipinski definition) is 2. The Morgan fingerprint density at radius 2 is 1.76 bits per heavy atom. The lowest BCUT2D eigenvalue weighted by Crippen LogP contribution is -2.50. The molecule has 2 aliphatic rings. The van der Waals surface area contributed by atoms with Crippen molar-refractivity contribution >= 4 is 11.7 Å². The minimum atomic E-state index is -0.0843. The lowest BCUT2D eigenvalue weighted by Gasteiger charge is -2.39. The predicted octanol–water partition coefficient (Wildman–Crippen LogP) is 4.57. The second-order valence-electron chi connectivity index (χ2n) is 8.18. The zero-order chi connectivity index (χ0) is 20.2. The largest absolute Gasteiger partial charge is 0.497 e. The second-order valence-corrected chi connectivity index (χ2v) is 8.18. The molecule has 2 aromatic rings. The van der Waals surface area contributed by atoms with E-state index in [0.29, 0.717) is 12.1 Å². The van der Waals surface area contributed by atoms with Crippen LogP contribution in [-0.4, -0.2) is 36.2 Å². The quantitative estimate of drug-likeness (QED) is 0.756. The van der Waals surface area contributed by atoms with Crippen LogP contribution in [-0.2, 0) is 13.0 Å². The molecule has 2 aliphatic heterocycles. The highest BCUT2D eigenvalue weighted by atomic mass is 16.5. The summed E-state index contributed by atoms with van der Waals surface area (Å²) >= 11 is 0. The first-order valence-electron chi connectivity index (χ1n) is 10.7. The fourth-order valence-electron chi connectivity index (χ4n) is 4.89. The van der Waals surface area contributed by atoms with E-state index < -0.39 is 0 Å². The van der Waals surface area contributed by atoms with Gasteiger partial charge in [0.25, 0.3) is 0 Å². The lowest BCUT2D eigenvalue weighted by molar-refractivity contribution is 0.112. The fourth-order valence-corrected chi connectivity index (χ4v) is 4.89. The second kappa shape index (κ2) is 8.87. The summed E-state index contributed by atoms with van der Waals surface area (Å²) in [7, 11) is 1.70. The normalized spacial score (nSPS) is 23.6. The molecule has 0 saturated carbocycles. The molecule has 2 unspecified atom stereocenters. The highest BCUT2D eigenvalue weighted by molar-refractivity contribution is 5.90. The summed E-state index contributed by atoms with van der Waals surface area (Å²) < 4.78 is 5.26. The number of amides is 2. The summed E-state index contributed by atoms with van der Waals surface area (Å²) in [4.78, 5) is 15.2. The molecule has 29 heavy (non-hydrogen) atoms. The van der Waals surface area contributed by atoms with Crippen LogP contribution in [0.4, 0.5) is 10.5 Å². The Morgan fingerprint density at radius 1 is 1.07 bits per heavy atom. The van der Waals surface area contributed by atoms with Crippen molar-refractivity contribution in [2.24, 2.45) is 0 Å². The van der Waals surface area contributed by atoms with E-state index in [4.69, 9.17) is 4.74 Å². The SMILES string of the molecule is CCc1ccccc1NC(=O)NC1CC2CCC(C1)N2Cc1ccc(OC)cc1. The van der Waals surface area contributed by atoms with Gasteiger partial charge in [-0.15, -0.1) is 0 Å². The third-order valence-corrected chi connectivity index (χ3v) is 6.39. The van der Waals surface area contributed by atoms with Crippen LogP contribution < -0.4 is 15.4 Å². The molecule has 154 valence electrons. The van der Waals surface area contributed by atoms with Gasteiger partial charge in [0.1, 0.15) is 5.75 Å². The van der Waals surface area contributed by atoms with Crippen molar-refractivity contribution in [1.82, 2.24) is 10.2 Å². The number of ether oxygens (including phenoxy) is 1. The highest BCUT2D eigenvalue weighted by Gasteiger charge is 2.40. The maximum absolute atomic E-state index is 12.6. The number of carbonyl (C=O) groups excluding carboxylic acids is 1. The van der Waals surface area contributed by atoms with Crippen LogP contribution in [0.2, 0.25) is 0 Å². The number of hydrogen-bond acceptors (Lipinski definition) is 3. The van der Waals surface area contributed by atoms with Gasteiger partial charge in [-0.3, -0.25) is 4.90 Å². The van der Waals surface area contributed by atoms with Gasteiger partial charge in [0.15, 0.2) is 0 Å². The van der Waals surface area contributed by atoms with Crippen LogP contribution in [0.1, 0.15) is 43.7 Å². The van der Waals surface area contributed by atoms with Crippen LogP contribution in [0, 0.1) is 0 Å².